The summed E-state index contributed by atoms with van der Waals surface area (Å²) in [5.74, 6) is 2.37. The third-order valence-electron chi connectivity index (χ3n) is 4.78. The molecule has 5 nitrogen and oxygen atoms in total. The van der Waals surface area contributed by atoms with Crippen molar-refractivity contribution >= 4 is 41.3 Å². The van der Waals surface area contributed by atoms with Gasteiger partial charge in [-0.1, -0.05) is 13.8 Å². The number of halogens is 1. The number of hydrogen-bond donors (Lipinski definition) is 2. The number of aryl methyl sites for hydroxylation is 2. The van der Waals surface area contributed by atoms with Gasteiger partial charge in [0.15, 0.2) is 5.96 Å². The summed E-state index contributed by atoms with van der Waals surface area (Å²) >= 11 is 1.80. The summed E-state index contributed by atoms with van der Waals surface area (Å²) in [5.41, 5.74) is 1.16. The van der Waals surface area contributed by atoms with Gasteiger partial charge in [0.25, 0.3) is 0 Å². The second-order valence-corrected chi connectivity index (χ2v) is 9.10. The van der Waals surface area contributed by atoms with Crippen molar-refractivity contribution in [3.63, 3.8) is 0 Å². The van der Waals surface area contributed by atoms with E-state index in [2.05, 4.69) is 55.1 Å². The highest BCUT2D eigenvalue weighted by Crippen LogP contribution is 2.18. The number of piperidine rings is 1. The number of rotatable bonds is 8. The van der Waals surface area contributed by atoms with Gasteiger partial charge in [-0.05, 0) is 52.0 Å². The molecule has 0 radical (unpaired) electrons. The molecule has 0 saturated carbocycles. The smallest absolute Gasteiger partial charge is 0.191 e. The van der Waals surface area contributed by atoms with Crippen molar-refractivity contribution in [2.45, 2.75) is 53.9 Å². The Kier molecular flexibility index (Phi) is 11.8. The van der Waals surface area contributed by atoms with Crippen LogP contribution < -0.4 is 10.6 Å². The van der Waals surface area contributed by atoms with Crippen LogP contribution in [0.4, 0.5) is 0 Å². The molecule has 1 aliphatic rings. The standard InChI is InChI=1S/C20H37N5S.HI/c1-6-21-20(22-10-9-19-24-16(4)17(5)26-19)23-12-18-8-7-11-25(14-18)13-15(2)3;/h15,18H,6-14H2,1-5H3,(H2,21,22,23);1H. The van der Waals surface area contributed by atoms with Gasteiger partial charge >= 0.3 is 0 Å². The SMILES string of the molecule is CCNC(=NCC1CCCN(CC(C)C)C1)NCCc1nc(C)c(C)s1.I. The van der Waals surface area contributed by atoms with Crippen molar-refractivity contribution in [3.05, 3.63) is 15.6 Å². The first-order valence-corrected chi connectivity index (χ1v) is 11.0. The summed E-state index contributed by atoms with van der Waals surface area (Å²) in [6.45, 7) is 17.3. The Morgan fingerprint density at radius 2 is 2.11 bits per heavy atom. The van der Waals surface area contributed by atoms with Crippen LogP contribution in [0.5, 0.6) is 0 Å². The van der Waals surface area contributed by atoms with E-state index in [9.17, 15) is 0 Å². The maximum Gasteiger partial charge on any atom is 0.191 e. The molecular weight excluding hydrogens is 469 g/mol. The fraction of sp³-hybridized carbons (Fsp3) is 0.800. The zero-order chi connectivity index (χ0) is 18.9. The predicted octanol–water partition coefficient (Wildman–Crippen LogP) is 3.84. The van der Waals surface area contributed by atoms with Crippen LogP contribution in [0.15, 0.2) is 4.99 Å². The molecule has 1 aromatic heterocycles. The van der Waals surface area contributed by atoms with Crippen molar-refractivity contribution in [1.29, 1.82) is 0 Å². The van der Waals surface area contributed by atoms with E-state index in [0.717, 1.165) is 43.6 Å². The highest BCUT2D eigenvalue weighted by atomic mass is 127. The number of aliphatic imine (C=N–C) groups is 1. The number of likely N-dealkylation sites (tertiary alicyclic amines) is 1. The Labute approximate surface area is 186 Å². The van der Waals surface area contributed by atoms with Gasteiger partial charge in [-0.3, -0.25) is 4.99 Å². The second kappa shape index (κ2) is 12.9. The van der Waals surface area contributed by atoms with Gasteiger partial charge in [-0.2, -0.15) is 0 Å². The molecule has 2 N–H and O–H groups in total. The molecule has 156 valence electrons. The Morgan fingerprint density at radius 3 is 2.74 bits per heavy atom. The van der Waals surface area contributed by atoms with Crippen LogP contribution in [-0.2, 0) is 6.42 Å². The number of nitrogens with one attached hydrogen (secondary N) is 2. The van der Waals surface area contributed by atoms with Crippen LogP contribution in [0.1, 0.15) is 49.2 Å². The molecule has 2 rings (SSSR count). The van der Waals surface area contributed by atoms with Gasteiger partial charge in [0.2, 0.25) is 0 Å². The number of thiazole rings is 1. The van der Waals surface area contributed by atoms with Crippen molar-refractivity contribution in [2.24, 2.45) is 16.8 Å². The minimum atomic E-state index is 0. The third-order valence-corrected chi connectivity index (χ3v) is 5.92. The van der Waals surface area contributed by atoms with Gasteiger partial charge in [-0.25, -0.2) is 4.98 Å². The zero-order valence-electron chi connectivity index (χ0n) is 17.7. The molecule has 27 heavy (non-hydrogen) atoms. The Bertz CT molecular complexity index is 553. The van der Waals surface area contributed by atoms with Crippen molar-refractivity contribution in [3.8, 4) is 0 Å². The molecule has 7 heteroatoms. The van der Waals surface area contributed by atoms with E-state index >= 15 is 0 Å². The van der Waals surface area contributed by atoms with Crippen molar-refractivity contribution in [2.75, 3.05) is 39.3 Å². The average molecular weight is 508 g/mol. The summed E-state index contributed by atoms with van der Waals surface area (Å²) < 4.78 is 0. The van der Waals surface area contributed by atoms with Gasteiger partial charge < -0.3 is 15.5 Å². The Hall–Kier alpha value is -0.410. The lowest BCUT2D eigenvalue weighted by molar-refractivity contribution is 0.162. The number of aromatic nitrogens is 1. The minimum absolute atomic E-state index is 0. The summed E-state index contributed by atoms with van der Waals surface area (Å²) in [6.07, 6.45) is 3.56. The van der Waals surface area contributed by atoms with E-state index in [1.54, 1.807) is 11.3 Å². The summed E-state index contributed by atoms with van der Waals surface area (Å²) in [4.78, 5) is 13.4. The van der Waals surface area contributed by atoms with E-state index in [0.29, 0.717) is 5.92 Å². The molecule has 0 amide bonds. The zero-order valence-corrected chi connectivity index (χ0v) is 20.8. The Balaban J connectivity index is 0.00000364. The van der Waals surface area contributed by atoms with Gasteiger partial charge in [0.1, 0.15) is 0 Å². The van der Waals surface area contributed by atoms with Gasteiger partial charge in [0.05, 0.1) is 10.7 Å². The fourth-order valence-corrected chi connectivity index (χ4v) is 4.41. The molecule has 0 aromatic carbocycles. The second-order valence-electron chi connectivity index (χ2n) is 7.81. The first kappa shape index (κ1) is 24.6. The lowest BCUT2D eigenvalue weighted by Crippen LogP contribution is -2.41. The third kappa shape index (κ3) is 9.09. The van der Waals surface area contributed by atoms with Crippen LogP contribution in [0, 0.1) is 25.7 Å². The molecule has 1 unspecified atom stereocenters. The van der Waals surface area contributed by atoms with Crippen LogP contribution >= 0.6 is 35.3 Å². The molecule has 1 saturated heterocycles. The van der Waals surface area contributed by atoms with E-state index in [1.165, 1.54) is 42.4 Å². The van der Waals surface area contributed by atoms with Gasteiger partial charge in [-0.15, -0.1) is 35.3 Å². The molecule has 1 atom stereocenters. The number of guanidine groups is 1. The van der Waals surface area contributed by atoms with Crippen LogP contribution in [-0.4, -0.2) is 55.1 Å². The summed E-state index contributed by atoms with van der Waals surface area (Å²) in [7, 11) is 0. The predicted molar refractivity (Wildman–Crippen MR) is 129 cm³/mol. The molecule has 2 heterocycles. The first-order valence-electron chi connectivity index (χ1n) is 10.1. The average Bonchev–Trinajstić information content (AvgIpc) is 2.90. The largest absolute Gasteiger partial charge is 0.357 e. The Morgan fingerprint density at radius 1 is 1.33 bits per heavy atom. The fourth-order valence-electron chi connectivity index (χ4n) is 3.48. The molecule has 0 aliphatic carbocycles. The monoisotopic (exact) mass is 507 g/mol. The number of nitrogens with zero attached hydrogens (tertiary/aromatic N) is 3. The van der Waals surface area contributed by atoms with E-state index < -0.39 is 0 Å². The first-order chi connectivity index (χ1) is 12.5. The highest BCUT2D eigenvalue weighted by Gasteiger charge is 2.20. The van der Waals surface area contributed by atoms with E-state index in [4.69, 9.17) is 4.99 Å². The molecule has 1 fully saturated rings. The van der Waals surface area contributed by atoms with Crippen LogP contribution in [0.3, 0.4) is 0 Å². The highest BCUT2D eigenvalue weighted by molar-refractivity contribution is 14.0. The molecular formula is C20H38IN5S. The van der Waals surface area contributed by atoms with Crippen molar-refractivity contribution < 1.29 is 0 Å². The molecule has 0 spiro atoms. The topological polar surface area (TPSA) is 52.6 Å². The van der Waals surface area contributed by atoms with Crippen LogP contribution in [0.25, 0.3) is 0 Å². The quantitative estimate of drug-likeness (QED) is 0.319. The van der Waals surface area contributed by atoms with E-state index in [-0.39, 0.29) is 24.0 Å². The lowest BCUT2D eigenvalue weighted by Gasteiger charge is -2.33. The maximum absolute atomic E-state index is 4.86. The van der Waals surface area contributed by atoms with Crippen LogP contribution in [0.2, 0.25) is 0 Å². The van der Waals surface area contributed by atoms with Crippen molar-refractivity contribution in [1.82, 2.24) is 20.5 Å². The molecule has 1 aromatic rings. The minimum Gasteiger partial charge on any atom is -0.357 e. The maximum atomic E-state index is 4.86. The summed E-state index contributed by atoms with van der Waals surface area (Å²) in [5, 5.41) is 8.06. The molecule has 1 aliphatic heterocycles. The lowest BCUT2D eigenvalue weighted by atomic mass is 9.97. The number of hydrogen-bond acceptors (Lipinski definition) is 4. The van der Waals surface area contributed by atoms with E-state index in [1.807, 2.05) is 0 Å². The normalized spacial score (nSPS) is 18.4. The van der Waals surface area contributed by atoms with Gasteiger partial charge in [0, 0.05) is 44.0 Å². The molecule has 0 bridgehead atoms. The summed E-state index contributed by atoms with van der Waals surface area (Å²) in [6, 6.07) is 0.